The fraction of sp³-hybridized carbons (Fsp3) is 0.500. The highest BCUT2D eigenvalue weighted by Crippen LogP contribution is 2.30. The summed E-state index contributed by atoms with van der Waals surface area (Å²) in [4.78, 5) is 2.45. The summed E-state index contributed by atoms with van der Waals surface area (Å²) in [6, 6.07) is 6.56. The lowest BCUT2D eigenvalue weighted by Crippen LogP contribution is -2.49. The Kier molecular flexibility index (Phi) is 3.21. The molecule has 4 rings (SSSR count). The van der Waals surface area contributed by atoms with Gasteiger partial charge in [0.05, 0.1) is 18.8 Å². The fourth-order valence-corrected chi connectivity index (χ4v) is 3.44. The summed E-state index contributed by atoms with van der Waals surface area (Å²) in [5.74, 6) is 0.399. The average molecular weight is 290 g/mol. The smallest absolute Gasteiger partial charge is 0.134 e. The molecule has 4 nitrogen and oxygen atoms in total. The molecule has 2 fully saturated rings. The Morgan fingerprint density at radius 1 is 1.33 bits per heavy atom. The number of rotatable bonds is 2. The Bertz CT molecular complexity index is 657. The third kappa shape index (κ3) is 2.35. The lowest BCUT2D eigenvalue weighted by atomic mass is 10.1. The number of hydrogen-bond donors (Lipinski definition) is 1. The van der Waals surface area contributed by atoms with Crippen molar-refractivity contribution in [2.45, 2.75) is 31.0 Å². The van der Waals surface area contributed by atoms with E-state index in [0.717, 1.165) is 25.1 Å². The molecule has 112 valence electrons. The molecule has 2 aromatic rings. The van der Waals surface area contributed by atoms with E-state index in [1.54, 1.807) is 6.07 Å². The van der Waals surface area contributed by atoms with Gasteiger partial charge in [0.15, 0.2) is 0 Å². The van der Waals surface area contributed by atoms with Crippen molar-refractivity contribution in [1.82, 2.24) is 4.90 Å². The number of morpholine rings is 1. The number of nitrogens with two attached hydrogens (primary N) is 1. The van der Waals surface area contributed by atoms with E-state index in [4.69, 9.17) is 14.9 Å². The fourth-order valence-electron chi connectivity index (χ4n) is 3.44. The van der Waals surface area contributed by atoms with Gasteiger partial charge in [-0.25, -0.2) is 4.39 Å². The van der Waals surface area contributed by atoms with E-state index in [1.165, 1.54) is 25.0 Å². The number of benzene rings is 1. The van der Waals surface area contributed by atoms with E-state index in [0.29, 0.717) is 17.4 Å². The van der Waals surface area contributed by atoms with E-state index in [-0.39, 0.29) is 18.0 Å². The summed E-state index contributed by atoms with van der Waals surface area (Å²) in [7, 11) is 0. The minimum atomic E-state index is -0.318. The SMILES string of the molecule is NC(c1cc2cc(F)ccc2o1)C1CN2CCCC2CO1. The van der Waals surface area contributed by atoms with Crippen molar-refractivity contribution in [3.63, 3.8) is 0 Å². The Morgan fingerprint density at radius 2 is 2.24 bits per heavy atom. The monoisotopic (exact) mass is 290 g/mol. The minimum absolute atomic E-state index is 0.0650. The predicted molar refractivity (Wildman–Crippen MR) is 77.4 cm³/mol. The third-order valence-corrected chi connectivity index (χ3v) is 4.64. The predicted octanol–water partition coefficient (Wildman–Crippen LogP) is 2.43. The highest BCUT2D eigenvalue weighted by Gasteiger charge is 2.36. The lowest BCUT2D eigenvalue weighted by molar-refractivity contribution is -0.0620. The Balaban J connectivity index is 1.56. The summed E-state index contributed by atoms with van der Waals surface area (Å²) in [5, 5.41) is 0.746. The van der Waals surface area contributed by atoms with Crippen molar-refractivity contribution in [3.05, 3.63) is 35.8 Å². The molecule has 21 heavy (non-hydrogen) atoms. The molecule has 2 aliphatic rings. The number of nitrogens with zero attached hydrogens (tertiary/aromatic N) is 1. The summed E-state index contributed by atoms with van der Waals surface area (Å²) >= 11 is 0. The van der Waals surface area contributed by atoms with Gasteiger partial charge in [-0.2, -0.15) is 0 Å². The zero-order valence-corrected chi connectivity index (χ0v) is 11.8. The molecule has 3 atom stereocenters. The van der Waals surface area contributed by atoms with Crippen LogP contribution in [-0.4, -0.2) is 36.7 Å². The van der Waals surface area contributed by atoms with Crippen LogP contribution in [0.3, 0.4) is 0 Å². The molecule has 3 heterocycles. The van der Waals surface area contributed by atoms with Crippen molar-refractivity contribution >= 4 is 11.0 Å². The van der Waals surface area contributed by atoms with Crippen LogP contribution < -0.4 is 5.73 Å². The second kappa shape index (κ2) is 5.09. The largest absolute Gasteiger partial charge is 0.459 e. The second-order valence-electron chi connectivity index (χ2n) is 6.02. The number of hydrogen-bond acceptors (Lipinski definition) is 4. The first-order chi connectivity index (χ1) is 10.2. The van der Waals surface area contributed by atoms with Gasteiger partial charge in [0.25, 0.3) is 0 Å². The first kappa shape index (κ1) is 13.2. The molecule has 2 N–H and O–H groups in total. The minimum Gasteiger partial charge on any atom is -0.459 e. The third-order valence-electron chi connectivity index (χ3n) is 4.64. The molecule has 1 aromatic carbocycles. The highest BCUT2D eigenvalue weighted by molar-refractivity contribution is 5.78. The van der Waals surface area contributed by atoms with Crippen LogP contribution in [0, 0.1) is 5.82 Å². The Hall–Kier alpha value is -1.43. The van der Waals surface area contributed by atoms with E-state index in [9.17, 15) is 4.39 Å². The normalized spacial score (nSPS) is 27.9. The van der Waals surface area contributed by atoms with Gasteiger partial charge in [0.1, 0.15) is 17.2 Å². The molecule has 0 aliphatic carbocycles. The standard InChI is InChI=1S/C16H19FN2O2/c17-11-3-4-13-10(6-11)7-14(21-13)16(18)15-8-19-5-1-2-12(19)9-20-15/h3-4,6-7,12,15-16H,1-2,5,8-9,18H2. The maximum Gasteiger partial charge on any atom is 0.134 e. The number of fused-ring (bicyclic) bond motifs is 2. The molecular formula is C16H19FN2O2. The Morgan fingerprint density at radius 3 is 3.14 bits per heavy atom. The van der Waals surface area contributed by atoms with E-state index < -0.39 is 0 Å². The van der Waals surface area contributed by atoms with Gasteiger partial charge in [-0.3, -0.25) is 4.90 Å². The van der Waals surface area contributed by atoms with Crippen molar-refractivity contribution in [3.8, 4) is 0 Å². The number of halogens is 1. The topological polar surface area (TPSA) is 51.6 Å². The Labute approximate surface area is 122 Å². The van der Waals surface area contributed by atoms with Crippen LogP contribution in [0.15, 0.2) is 28.7 Å². The van der Waals surface area contributed by atoms with Crippen LogP contribution in [0.4, 0.5) is 4.39 Å². The van der Waals surface area contributed by atoms with Gasteiger partial charge < -0.3 is 14.9 Å². The summed E-state index contributed by atoms with van der Waals surface area (Å²) in [5.41, 5.74) is 6.98. The van der Waals surface area contributed by atoms with Crippen molar-refractivity contribution in [2.24, 2.45) is 5.73 Å². The molecule has 5 heteroatoms. The average Bonchev–Trinajstić information content (AvgIpc) is 3.11. The molecule has 1 aromatic heterocycles. The van der Waals surface area contributed by atoms with Crippen molar-refractivity contribution in [1.29, 1.82) is 0 Å². The van der Waals surface area contributed by atoms with Gasteiger partial charge in [-0.05, 0) is 43.7 Å². The van der Waals surface area contributed by atoms with E-state index in [1.807, 2.05) is 6.07 Å². The van der Waals surface area contributed by atoms with Crippen LogP contribution in [0.2, 0.25) is 0 Å². The maximum atomic E-state index is 13.2. The van der Waals surface area contributed by atoms with Gasteiger partial charge in [-0.15, -0.1) is 0 Å². The molecule has 2 aliphatic heterocycles. The molecular weight excluding hydrogens is 271 g/mol. The molecule has 0 amide bonds. The first-order valence-corrected chi connectivity index (χ1v) is 7.51. The molecule has 0 radical (unpaired) electrons. The molecule has 3 unspecified atom stereocenters. The van der Waals surface area contributed by atoms with E-state index >= 15 is 0 Å². The van der Waals surface area contributed by atoms with Gasteiger partial charge in [-0.1, -0.05) is 0 Å². The van der Waals surface area contributed by atoms with Crippen LogP contribution in [0.1, 0.15) is 24.6 Å². The highest BCUT2D eigenvalue weighted by atomic mass is 19.1. The van der Waals surface area contributed by atoms with Crippen molar-refractivity contribution < 1.29 is 13.5 Å². The zero-order valence-electron chi connectivity index (χ0n) is 11.8. The maximum absolute atomic E-state index is 13.2. The van der Waals surface area contributed by atoms with Crippen LogP contribution >= 0.6 is 0 Å². The summed E-state index contributed by atoms with van der Waals surface area (Å²) in [6.07, 6.45) is 2.39. The molecule has 2 saturated heterocycles. The zero-order chi connectivity index (χ0) is 14.4. The van der Waals surface area contributed by atoms with Gasteiger partial charge in [0, 0.05) is 18.0 Å². The molecule has 0 bridgehead atoms. The molecule has 0 saturated carbocycles. The van der Waals surface area contributed by atoms with Crippen LogP contribution in [0.25, 0.3) is 11.0 Å². The van der Waals surface area contributed by atoms with Crippen molar-refractivity contribution in [2.75, 3.05) is 19.7 Å². The molecule has 0 spiro atoms. The second-order valence-corrected chi connectivity index (χ2v) is 6.02. The van der Waals surface area contributed by atoms with Crippen LogP contribution in [0.5, 0.6) is 0 Å². The first-order valence-electron chi connectivity index (χ1n) is 7.51. The van der Waals surface area contributed by atoms with E-state index in [2.05, 4.69) is 4.90 Å². The summed E-state index contributed by atoms with van der Waals surface area (Å²) < 4.78 is 24.9. The van der Waals surface area contributed by atoms with Crippen LogP contribution in [-0.2, 0) is 4.74 Å². The van der Waals surface area contributed by atoms with Gasteiger partial charge >= 0.3 is 0 Å². The summed E-state index contributed by atoms with van der Waals surface area (Å²) in [6.45, 7) is 2.72. The van der Waals surface area contributed by atoms with Gasteiger partial charge in [0.2, 0.25) is 0 Å². The number of ether oxygens (including phenoxy) is 1. The lowest BCUT2D eigenvalue weighted by Gasteiger charge is -2.37. The quantitative estimate of drug-likeness (QED) is 0.923. The number of furan rings is 1.